The molecular weight excluding hydrogens is 226 g/mol. The first kappa shape index (κ1) is 11.7. The first-order valence-electron chi connectivity index (χ1n) is 6.66. The van der Waals surface area contributed by atoms with Crippen molar-refractivity contribution in [1.82, 2.24) is 10.3 Å². The van der Waals surface area contributed by atoms with E-state index < -0.39 is 0 Å². The van der Waals surface area contributed by atoms with E-state index in [-0.39, 0.29) is 5.41 Å². The van der Waals surface area contributed by atoms with E-state index in [1.54, 1.807) is 6.20 Å². The molecule has 18 heavy (non-hydrogen) atoms. The minimum absolute atomic E-state index is 0.104. The van der Waals surface area contributed by atoms with Crippen molar-refractivity contribution in [3.05, 3.63) is 24.0 Å². The van der Waals surface area contributed by atoms with Crippen molar-refractivity contribution < 1.29 is 4.79 Å². The summed E-state index contributed by atoms with van der Waals surface area (Å²) in [7, 11) is 0. The Hall–Kier alpha value is -1.42. The molecule has 1 spiro atoms. The molecule has 2 saturated heterocycles. The van der Waals surface area contributed by atoms with Crippen molar-refractivity contribution in [3.8, 4) is 0 Å². The third kappa shape index (κ3) is 1.72. The predicted molar refractivity (Wildman–Crippen MR) is 70.5 cm³/mol. The number of aryl methyl sites for hydroxylation is 1. The lowest BCUT2D eigenvalue weighted by molar-refractivity contribution is -0.126. The van der Waals surface area contributed by atoms with Crippen LogP contribution in [0.25, 0.3) is 0 Å². The maximum absolute atomic E-state index is 12.7. The molecule has 2 aliphatic heterocycles. The number of hydrogen-bond acceptors (Lipinski definition) is 3. The number of rotatable bonds is 1. The lowest BCUT2D eigenvalue weighted by Crippen LogP contribution is -2.42. The summed E-state index contributed by atoms with van der Waals surface area (Å²) in [6.45, 7) is 4.81. The van der Waals surface area contributed by atoms with Gasteiger partial charge in [0, 0.05) is 12.7 Å². The Labute approximate surface area is 107 Å². The number of anilines is 1. The molecule has 4 nitrogen and oxygen atoms in total. The zero-order valence-electron chi connectivity index (χ0n) is 10.8. The summed E-state index contributed by atoms with van der Waals surface area (Å²) in [5.74, 6) is 0.306. The monoisotopic (exact) mass is 245 g/mol. The van der Waals surface area contributed by atoms with Crippen LogP contribution in [-0.4, -0.2) is 30.5 Å². The molecule has 3 rings (SSSR count). The van der Waals surface area contributed by atoms with Crippen molar-refractivity contribution in [2.45, 2.75) is 26.2 Å². The van der Waals surface area contributed by atoms with Crippen LogP contribution in [-0.2, 0) is 4.79 Å². The van der Waals surface area contributed by atoms with E-state index in [1.165, 1.54) is 0 Å². The van der Waals surface area contributed by atoms with Crippen LogP contribution in [0.4, 0.5) is 5.69 Å². The van der Waals surface area contributed by atoms with Crippen LogP contribution in [0.15, 0.2) is 18.5 Å². The summed E-state index contributed by atoms with van der Waals surface area (Å²) < 4.78 is 0. The van der Waals surface area contributed by atoms with Crippen LogP contribution >= 0.6 is 0 Å². The quantitative estimate of drug-likeness (QED) is 0.815. The summed E-state index contributed by atoms with van der Waals surface area (Å²) in [6.07, 6.45) is 6.53. The Balaban J connectivity index is 1.89. The van der Waals surface area contributed by atoms with Gasteiger partial charge < -0.3 is 10.2 Å². The minimum atomic E-state index is -0.104. The van der Waals surface area contributed by atoms with E-state index in [0.717, 1.165) is 50.1 Å². The average molecular weight is 245 g/mol. The molecule has 0 aromatic carbocycles. The van der Waals surface area contributed by atoms with E-state index >= 15 is 0 Å². The van der Waals surface area contributed by atoms with Crippen molar-refractivity contribution in [2.24, 2.45) is 5.41 Å². The molecule has 0 saturated carbocycles. The molecule has 2 fully saturated rings. The van der Waals surface area contributed by atoms with Crippen molar-refractivity contribution >= 4 is 11.6 Å². The number of carbonyl (C=O) groups excluding carboxylic acids is 1. The van der Waals surface area contributed by atoms with E-state index in [9.17, 15) is 4.79 Å². The van der Waals surface area contributed by atoms with Crippen LogP contribution in [0.2, 0.25) is 0 Å². The van der Waals surface area contributed by atoms with Gasteiger partial charge >= 0.3 is 0 Å². The van der Waals surface area contributed by atoms with E-state index in [1.807, 2.05) is 24.1 Å². The number of amides is 1. The molecule has 3 heterocycles. The molecular formula is C14H19N3O. The molecule has 0 bridgehead atoms. The fourth-order valence-electron chi connectivity index (χ4n) is 3.16. The molecule has 4 heteroatoms. The standard InChI is InChI=1S/C14H19N3O/c1-11-2-6-16-10-12(11)17-9-5-14(13(17)18)3-7-15-8-4-14/h2,6,10,15H,3-5,7-9H2,1H3. The third-order valence-electron chi connectivity index (χ3n) is 4.38. The Morgan fingerprint density at radius 2 is 2.11 bits per heavy atom. The van der Waals surface area contributed by atoms with Gasteiger partial charge in [0.1, 0.15) is 0 Å². The number of piperidine rings is 1. The molecule has 0 radical (unpaired) electrons. The Morgan fingerprint density at radius 1 is 1.33 bits per heavy atom. The van der Waals surface area contributed by atoms with Crippen LogP contribution in [0.5, 0.6) is 0 Å². The van der Waals surface area contributed by atoms with Gasteiger partial charge in [0.25, 0.3) is 0 Å². The van der Waals surface area contributed by atoms with Crippen molar-refractivity contribution in [3.63, 3.8) is 0 Å². The molecule has 1 aromatic heterocycles. The Kier molecular flexibility index (Phi) is 2.82. The zero-order chi connectivity index (χ0) is 12.6. The molecule has 96 valence electrons. The number of nitrogens with one attached hydrogen (secondary N) is 1. The van der Waals surface area contributed by atoms with Crippen LogP contribution in [0, 0.1) is 12.3 Å². The fraction of sp³-hybridized carbons (Fsp3) is 0.571. The van der Waals surface area contributed by atoms with Crippen LogP contribution in [0.3, 0.4) is 0 Å². The lowest BCUT2D eigenvalue weighted by Gasteiger charge is -2.32. The molecule has 1 N–H and O–H groups in total. The number of pyridine rings is 1. The first-order chi connectivity index (χ1) is 8.73. The van der Waals surface area contributed by atoms with E-state index in [0.29, 0.717) is 5.91 Å². The van der Waals surface area contributed by atoms with Crippen molar-refractivity contribution in [1.29, 1.82) is 0 Å². The molecule has 2 aliphatic rings. The smallest absolute Gasteiger partial charge is 0.233 e. The maximum Gasteiger partial charge on any atom is 0.233 e. The highest BCUT2D eigenvalue weighted by atomic mass is 16.2. The highest BCUT2D eigenvalue weighted by Crippen LogP contribution is 2.41. The minimum Gasteiger partial charge on any atom is -0.317 e. The Morgan fingerprint density at radius 3 is 2.83 bits per heavy atom. The van der Waals surface area contributed by atoms with Gasteiger partial charge in [-0.15, -0.1) is 0 Å². The fourth-order valence-corrected chi connectivity index (χ4v) is 3.16. The van der Waals surface area contributed by atoms with Gasteiger partial charge in [-0.1, -0.05) is 0 Å². The zero-order valence-corrected chi connectivity index (χ0v) is 10.8. The second kappa shape index (κ2) is 4.35. The highest BCUT2D eigenvalue weighted by Gasteiger charge is 2.47. The van der Waals surface area contributed by atoms with Gasteiger partial charge in [0.05, 0.1) is 17.3 Å². The van der Waals surface area contributed by atoms with Gasteiger partial charge in [-0.3, -0.25) is 9.78 Å². The number of hydrogen-bond donors (Lipinski definition) is 1. The van der Waals surface area contributed by atoms with Gasteiger partial charge in [0.15, 0.2) is 0 Å². The topological polar surface area (TPSA) is 45.2 Å². The lowest BCUT2D eigenvalue weighted by atomic mass is 9.77. The van der Waals surface area contributed by atoms with Crippen LogP contribution in [0.1, 0.15) is 24.8 Å². The number of nitrogens with zero attached hydrogens (tertiary/aromatic N) is 2. The van der Waals surface area contributed by atoms with E-state index in [2.05, 4.69) is 10.3 Å². The average Bonchev–Trinajstić information content (AvgIpc) is 2.69. The summed E-state index contributed by atoms with van der Waals surface area (Å²) >= 11 is 0. The van der Waals surface area contributed by atoms with Crippen LogP contribution < -0.4 is 10.2 Å². The summed E-state index contributed by atoms with van der Waals surface area (Å²) in [4.78, 5) is 18.8. The molecule has 0 unspecified atom stereocenters. The third-order valence-corrected chi connectivity index (χ3v) is 4.38. The molecule has 0 aliphatic carbocycles. The molecule has 0 atom stereocenters. The number of aromatic nitrogens is 1. The van der Waals surface area contributed by atoms with Gasteiger partial charge in [-0.25, -0.2) is 0 Å². The Bertz CT molecular complexity index is 466. The SMILES string of the molecule is Cc1ccncc1N1CCC2(CCNCC2)C1=O. The van der Waals surface area contributed by atoms with Gasteiger partial charge in [-0.2, -0.15) is 0 Å². The summed E-state index contributed by atoms with van der Waals surface area (Å²) in [6, 6.07) is 1.97. The van der Waals surface area contributed by atoms with Gasteiger partial charge in [-0.05, 0) is 50.9 Å². The van der Waals surface area contributed by atoms with E-state index in [4.69, 9.17) is 0 Å². The maximum atomic E-state index is 12.7. The molecule has 1 aromatic rings. The second-order valence-corrected chi connectivity index (χ2v) is 5.40. The predicted octanol–water partition coefficient (Wildman–Crippen LogP) is 1.50. The summed E-state index contributed by atoms with van der Waals surface area (Å²) in [5.41, 5.74) is 2.01. The summed E-state index contributed by atoms with van der Waals surface area (Å²) in [5, 5.41) is 3.34. The van der Waals surface area contributed by atoms with Gasteiger partial charge in [0.2, 0.25) is 5.91 Å². The second-order valence-electron chi connectivity index (χ2n) is 5.40. The largest absolute Gasteiger partial charge is 0.317 e. The molecule has 1 amide bonds. The van der Waals surface area contributed by atoms with Crippen molar-refractivity contribution in [2.75, 3.05) is 24.5 Å². The number of carbonyl (C=O) groups is 1. The highest BCUT2D eigenvalue weighted by molar-refractivity contribution is 6.00. The first-order valence-corrected chi connectivity index (χ1v) is 6.66. The normalized spacial score (nSPS) is 22.7.